The number of thioether (sulfide) groups is 1. The summed E-state index contributed by atoms with van der Waals surface area (Å²) in [6, 6.07) is 9.89. The second kappa shape index (κ2) is 7.73. The Morgan fingerprint density at radius 3 is 2.89 bits per heavy atom. The van der Waals surface area contributed by atoms with Crippen LogP contribution in [0.5, 0.6) is 0 Å². The molecule has 0 aliphatic carbocycles. The number of aromatic nitrogens is 3. The largest absolute Gasteiger partial charge is 0.282 e. The number of aliphatic imine (C=N–C) groups is 1. The Morgan fingerprint density at radius 1 is 1.30 bits per heavy atom. The highest BCUT2D eigenvalue weighted by Gasteiger charge is 2.33. The summed E-state index contributed by atoms with van der Waals surface area (Å²) in [5, 5.41) is 10.2. The number of thiazole rings is 1. The van der Waals surface area contributed by atoms with Crippen LogP contribution in [0.4, 0.5) is 5.13 Å². The first-order valence-electron chi connectivity index (χ1n) is 8.15. The lowest BCUT2D eigenvalue weighted by molar-refractivity contribution is -0.121. The second-order valence-corrected chi connectivity index (χ2v) is 7.47. The number of aromatic amines is 1. The Hall–Kier alpha value is -2.97. The van der Waals surface area contributed by atoms with Crippen LogP contribution in [0.25, 0.3) is 17.3 Å². The average molecular weight is 393 g/mol. The summed E-state index contributed by atoms with van der Waals surface area (Å²) in [4.78, 5) is 23.7. The molecular formula is C19H15N5OS2. The molecule has 0 bridgehead atoms. The van der Waals surface area contributed by atoms with Gasteiger partial charge in [0.1, 0.15) is 0 Å². The van der Waals surface area contributed by atoms with E-state index < -0.39 is 0 Å². The molecule has 0 saturated carbocycles. The van der Waals surface area contributed by atoms with E-state index in [4.69, 9.17) is 0 Å². The number of amidine groups is 1. The monoisotopic (exact) mass is 393 g/mol. The zero-order valence-electron chi connectivity index (χ0n) is 14.2. The molecule has 1 N–H and O–H groups in total. The molecule has 1 amide bonds. The van der Waals surface area contributed by atoms with Crippen LogP contribution < -0.4 is 0 Å². The van der Waals surface area contributed by atoms with Crippen molar-refractivity contribution in [1.29, 1.82) is 0 Å². The van der Waals surface area contributed by atoms with Gasteiger partial charge < -0.3 is 0 Å². The highest BCUT2D eigenvalue weighted by Crippen LogP contribution is 2.35. The van der Waals surface area contributed by atoms with Crippen molar-refractivity contribution in [3.8, 4) is 11.3 Å². The molecule has 3 aromatic rings. The molecule has 0 atom stereocenters. The summed E-state index contributed by atoms with van der Waals surface area (Å²) >= 11 is 2.76. The first kappa shape index (κ1) is 17.4. The molecule has 3 heterocycles. The SMILES string of the molecule is C=CCN1C(=O)C(=Cc2cn[nH]c2-c2ccccc2)SC1=Nc1nccs1. The maximum atomic E-state index is 12.9. The van der Waals surface area contributed by atoms with E-state index in [0.29, 0.717) is 21.7 Å². The van der Waals surface area contributed by atoms with E-state index in [1.807, 2.05) is 41.8 Å². The topological polar surface area (TPSA) is 74.2 Å². The number of carbonyl (C=O) groups is 1. The number of nitrogens with zero attached hydrogens (tertiary/aromatic N) is 4. The number of hydrogen-bond donors (Lipinski definition) is 1. The van der Waals surface area contributed by atoms with Crippen LogP contribution >= 0.6 is 23.1 Å². The number of amides is 1. The van der Waals surface area contributed by atoms with Gasteiger partial charge in [-0.2, -0.15) is 10.1 Å². The van der Waals surface area contributed by atoms with Gasteiger partial charge in [-0.05, 0) is 17.8 Å². The van der Waals surface area contributed by atoms with Gasteiger partial charge in [0.2, 0.25) is 5.13 Å². The second-order valence-electron chi connectivity index (χ2n) is 5.59. The number of H-pyrrole nitrogens is 1. The predicted molar refractivity (Wildman–Crippen MR) is 111 cm³/mol. The van der Waals surface area contributed by atoms with Gasteiger partial charge in [-0.3, -0.25) is 14.8 Å². The van der Waals surface area contributed by atoms with E-state index in [-0.39, 0.29) is 5.91 Å². The van der Waals surface area contributed by atoms with Gasteiger partial charge in [0, 0.05) is 29.2 Å². The third-order valence-corrected chi connectivity index (χ3v) is 5.50. The van der Waals surface area contributed by atoms with Crippen LogP contribution in [-0.4, -0.2) is 37.7 Å². The van der Waals surface area contributed by atoms with Crippen LogP contribution in [0, 0.1) is 0 Å². The van der Waals surface area contributed by atoms with Gasteiger partial charge in [0.05, 0.1) is 16.8 Å². The summed E-state index contributed by atoms with van der Waals surface area (Å²) in [5.74, 6) is -0.101. The molecule has 1 aliphatic rings. The minimum Gasteiger partial charge on any atom is -0.282 e. The predicted octanol–water partition coefficient (Wildman–Crippen LogP) is 4.32. The molecule has 1 saturated heterocycles. The minimum absolute atomic E-state index is 0.101. The van der Waals surface area contributed by atoms with Crippen LogP contribution in [0.2, 0.25) is 0 Å². The molecule has 27 heavy (non-hydrogen) atoms. The third-order valence-electron chi connectivity index (χ3n) is 3.83. The number of rotatable bonds is 5. The molecule has 2 aromatic heterocycles. The standard InChI is InChI=1S/C19H15N5OS2/c1-2-9-24-17(25)15(27-19(24)22-18-20-8-10-26-18)11-14-12-21-23-16(14)13-6-4-3-5-7-13/h2-8,10-12H,1,9H2,(H,21,23). The van der Waals surface area contributed by atoms with Crippen molar-refractivity contribution in [2.75, 3.05) is 6.54 Å². The van der Waals surface area contributed by atoms with Gasteiger partial charge in [0.25, 0.3) is 5.91 Å². The van der Waals surface area contributed by atoms with E-state index in [0.717, 1.165) is 16.8 Å². The number of carbonyl (C=O) groups excluding carboxylic acids is 1. The van der Waals surface area contributed by atoms with Gasteiger partial charge in [-0.25, -0.2) is 4.98 Å². The Bertz CT molecular complexity index is 1020. The highest BCUT2D eigenvalue weighted by molar-refractivity contribution is 8.18. The lowest BCUT2D eigenvalue weighted by atomic mass is 10.1. The molecular weight excluding hydrogens is 378 g/mol. The molecule has 0 unspecified atom stereocenters. The summed E-state index contributed by atoms with van der Waals surface area (Å²) in [6.07, 6.45) is 6.94. The van der Waals surface area contributed by atoms with E-state index in [2.05, 4.69) is 26.8 Å². The molecule has 1 aliphatic heterocycles. The zero-order chi connectivity index (χ0) is 18.6. The Kier molecular flexibility index (Phi) is 4.99. The molecule has 6 nitrogen and oxygen atoms in total. The van der Waals surface area contributed by atoms with E-state index in [1.165, 1.54) is 23.1 Å². The average Bonchev–Trinajstić information content (AvgIpc) is 3.42. The fourth-order valence-corrected chi connectivity index (χ4v) is 4.16. The van der Waals surface area contributed by atoms with Gasteiger partial charge in [-0.1, -0.05) is 36.4 Å². The minimum atomic E-state index is -0.101. The van der Waals surface area contributed by atoms with Gasteiger partial charge >= 0.3 is 0 Å². The maximum Gasteiger partial charge on any atom is 0.267 e. The third kappa shape index (κ3) is 3.62. The first-order chi connectivity index (χ1) is 13.3. The highest BCUT2D eigenvalue weighted by atomic mass is 32.2. The van der Waals surface area contributed by atoms with Crippen LogP contribution in [0.3, 0.4) is 0 Å². The number of benzene rings is 1. The summed E-state index contributed by atoms with van der Waals surface area (Å²) in [7, 11) is 0. The summed E-state index contributed by atoms with van der Waals surface area (Å²) < 4.78 is 0. The van der Waals surface area contributed by atoms with Crippen molar-refractivity contribution in [3.05, 3.63) is 71.2 Å². The first-order valence-corrected chi connectivity index (χ1v) is 9.85. The number of hydrogen-bond acceptors (Lipinski definition) is 6. The Morgan fingerprint density at radius 2 is 2.15 bits per heavy atom. The van der Waals surface area contributed by atoms with Crippen LogP contribution in [0.1, 0.15) is 5.56 Å². The van der Waals surface area contributed by atoms with Crippen LogP contribution in [-0.2, 0) is 4.79 Å². The lowest BCUT2D eigenvalue weighted by Crippen LogP contribution is -2.29. The van der Waals surface area contributed by atoms with Crippen molar-refractivity contribution < 1.29 is 4.79 Å². The normalized spacial score (nSPS) is 17.2. The van der Waals surface area contributed by atoms with Gasteiger partial charge in [0.15, 0.2) is 5.17 Å². The Labute approximate surface area is 164 Å². The molecule has 134 valence electrons. The van der Waals surface area contributed by atoms with Crippen molar-refractivity contribution in [3.63, 3.8) is 0 Å². The zero-order valence-corrected chi connectivity index (χ0v) is 15.8. The van der Waals surface area contributed by atoms with Gasteiger partial charge in [-0.15, -0.1) is 17.9 Å². The van der Waals surface area contributed by atoms with Crippen LogP contribution in [0.15, 0.2) is 70.7 Å². The van der Waals surface area contributed by atoms with Crippen molar-refractivity contribution >= 4 is 45.4 Å². The Balaban J connectivity index is 1.70. The quantitative estimate of drug-likeness (QED) is 0.517. The molecule has 4 rings (SSSR count). The van der Waals surface area contributed by atoms with E-state index in [9.17, 15) is 4.79 Å². The van der Waals surface area contributed by atoms with Crippen molar-refractivity contribution in [2.24, 2.45) is 4.99 Å². The van der Waals surface area contributed by atoms with E-state index >= 15 is 0 Å². The number of nitrogens with one attached hydrogen (secondary N) is 1. The molecule has 0 spiro atoms. The lowest BCUT2D eigenvalue weighted by Gasteiger charge is -2.11. The molecule has 1 aromatic carbocycles. The maximum absolute atomic E-state index is 12.9. The van der Waals surface area contributed by atoms with Crippen molar-refractivity contribution in [2.45, 2.75) is 0 Å². The van der Waals surface area contributed by atoms with Crippen molar-refractivity contribution in [1.82, 2.24) is 20.1 Å². The molecule has 0 radical (unpaired) electrons. The molecule has 1 fully saturated rings. The fraction of sp³-hybridized carbons (Fsp3) is 0.0526. The summed E-state index contributed by atoms with van der Waals surface area (Å²) in [5.41, 5.74) is 2.74. The summed E-state index contributed by atoms with van der Waals surface area (Å²) in [6.45, 7) is 4.13. The fourth-order valence-electron chi connectivity index (χ4n) is 2.62. The van der Waals surface area contributed by atoms with E-state index in [1.54, 1.807) is 23.4 Å². The smallest absolute Gasteiger partial charge is 0.267 e. The molecule has 8 heteroatoms.